The standard InChI is InChI=1S/C14H14F3N3O2S/c1-2-22-13(21)8-7-18-20-11(14(15,16)17)6-9(19-12(8)20)10-4-3-5-23-10/h3-5,7,9,11,19H,2,6H2,1H3. The van der Waals surface area contributed by atoms with Gasteiger partial charge in [0.05, 0.1) is 18.8 Å². The van der Waals surface area contributed by atoms with Crippen molar-refractivity contribution >= 4 is 23.1 Å². The normalized spacial score (nSPS) is 20.7. The van der Waals surface area contributed by atoms with E-state index in [1.54, 1.807) is 24.4 Å². The summed E-state index contributed by atoms with van der Waals surface area (Å²) in [6.07, 6.45) is -3.51. The number of hydrogen-bond donors (Lipinski definition) is 1. The second-order valence-electron chi connectivity index (χ2n) is 5.08. The van der Waals surface area contributed by atoms with E-state index in [2.05, 4.69) is 10.4 Å². The van der Waals surface area contributed by atoms with Crippen molar-refractivity contribution in [2.75, 3.05) is 11.9 Å². The number of carbonyl (C=O) groups is 1. The molecule has 0 saturated heterocycles. The molecule has 0 radical (unpaired) electrons. The van der Waals surface area contributed by atoms with Gasteiger partial charge in [-0.3, -0.25) is 0 Å². The average Bonchev–Trinajstić information content (AvgIpc) is 3.14. The van der Waals surface area contributed by atoms with Crippen LogP contribution in [0.25, 0.3) is 0 Å². The van der Waals surface area contributed by atoms with E-state index >= 15 is 0 Å². The van der Waals surface area contributed by atoms with E-state index in [4.69, 9.17) is 4.74 Å². The zero-order chi connectivity index (χ0) is 16.6. The van der Waals surface area contributed by atoms with Gasteiger partial charge in [0.2, 0.25) is 0 Å². The van der Waals surface area contributed by atoms with Crippen molar-refractivity contribution in [3.8, 4) is 0 Å². The summed E-state index contributed by atoms with van der Waals surface area (Å²) >= 11 is 1.37. The Bertz CT molecular complexity index is 697. The van der Waals surface area contributed by atoms with Crippen LogP contribution in [0.2, 0.25) is 0 Å². The van der Waals surface area contributed by atoms with E-state index in [1.165, 1.54) is 11.3 Å². The van der Waals surface area contributed by atoms with Gasteiger partial charge in [0.1, 0.15) is 11.4 Å². The van der Waals surface area contributed by atoms with Crippen molar-refractivity contribution in [1.29, 1.82) is 0 Å². The van der Waals surface area contributed by atoms with Crippen LogP contribution in [0.1, 0.15) is 40.7 Å². The molecule has 2 atom stereocenters. The summed E-state index contributed by atoms with van der Waals surface area (Å²) in [7, 11) is 0. The lowest BCUT2D eigenvalue weighted by Gasteiger charge is -2.33. The number of alkyl halides is 3. The number of rotatable bonds is 3. The minimum atomic E-state index is -4.45. The van der Waals surface area contributed by atoms with Gasteiger partial charge in [0.25, 0.3) is 0 Å². The predicted molar refractivity (Wildman–Crippen MR) is 78.6 cm³/mol. The van der Waals surface area contributed by atoms with Gasteiger partial charge in [0, 0.05) is 11.3 Å². The molecule has 0 bridgehead atoms. The molecular weight excluding hydrogens is 331 g/mol. The van der Waals surface area contributed by atoms with Crippen molar-refractivity contribution in [3.05, 3.63) is 34.2 Å². The zero-order valence-corrected chi connectivity index (χ0v) is 12.9. The molecule has 1 aliphatic rings. The van der Waals surface area contributed by atoms with E-state index in [9.17, 15) is 18.0 Å². The van der Waals surface area contributed by atoms with Gasteiger partial charge < -0.3 is 10.1 Å². The molecular formula is C14H14F3N3O2S. The number of nitrogens with one attached hydrogen (secondary N) is 1. The molecule has 124 valence electrons. The second kappa shape index (κ2) is 5.88. The van der Waals surface area contributed by atoms with Crippen LogP contribution in [0, 0.1) is 0 Å². The number of halogens is 3. The summed E-state index contributed by atoms with van der Waals surface area (Å²) in [5.41, 5.74) is 0.0161. The Labute approximate surface area is 134 Å². The van der Waals surface area contributed by atoms with Gasteiger partial charge in [-0.2, -0.15) is 18.3 Å². The average molecular weight is 345 g/mol. The Balaban J connectivity index is 2.02. The molecule has 0 spiro atoms. The molecule has 0 amide bonds. The number of aromatic nitrogens is 2. The van der Waals surface area contributed by atoms with Gasteiger partial charge >= 0.3 is 12.1 Å². The predicted octanol–water partition coefficient (Wildman–Crippen LogP) is 3.78. The van der Waals surface area contributed by atoms with Crippen LogP contribution in [-0.4, -0.2) is 28.5 Å². The minimum Gasteiger partial charge on any atom is -0.462 e. The van der Waals surface area contributed by atoms with Gasteiger partial charge in [-0.1, -0.05) is 6.07 Å². The highest BCUT2D eigenvalue weighted by molar-refractivity contribution is 7.10. The maximum Gasteiger partial charge on any atom is 0.410 e. The molecule has 3 rings (SSSR count). The number of fused-ring (bicyclic) bond motifs is 1. The fourth-order valence-corrected chi connectivity index (χ4v) is 3.39. The quantitative estimate of drug-likeness (QED) is 0.860. The lowest BCUT2D eigenvalue weighted by Crippen LogP contribution is -2.36. The molecule has 0 aliphatic carbocycles. The Morgan fingerprint density at radius 3 is 2.96 bits per heavy atom. The SMILES string of the molecule is CCOC(=O)c1cnn2c1NC(c1cccs1)CC2C(F)(F)F. The molecule has 1 N–H and O–H groups in total. The maximum atomic E-state index is 13.4. The number of nitrogens with zero attached hydrogens (tertiary/aromatic N) is 2. The van der Waals surface area contributed by atoms with Crippen LogP contribution in [-0.2, 0) is 4.74 Å². The van der Waals surface area contributed by atoms with Crippen molar-refractivity contribution < 1.29 is 22.7 Å². The number of thiophene rings is 1. The van der Waals surface area contributed by atoms with Crippen LogP contribution in [0.15, 0.2) is 23.7 Å². The highest BCUT2D eigenvalue weighted by Crippen LogP contribution is 2.45. The largest absolute Gasteiger partial charge is 0.462 e. The molecule has 3 heterocycles. The summed E-state index contributed by atoms with van der Waals surface area (Å²) in [4.78, 5) is 12.7. The Morgan fingerprint density at radius 2 is 2.35 bits per heavy atom. The van der Waals surface area contributed by atoms with Gasteiger partial charge in [-0.25, -0.2) is 9.48 Å². The summed E-state index contributed by atoms with van der Waals surface area (Å²) < 4.78 is 45.9. The molecule has 0 saturated carbocycles. The highest BCUT2D eigenvalue weighted by Gasteiger charge is 2.47. The smallest absolute Gasteiger partial charge is 0.410 e. The Morgan fingerprint density at radius 1 is 1.57 bits per heavy atom. The van der Waals surface area contributed by atoms with E-state index in [-0.39, 0.29) is 24.4 Å². The van der Waals surface area contributed by atoms with Crippen LogP contribution in [0.3, 0.4) is 0 Å². The van der Waals surface area contributed by atoms with Crippen molar-refractivity contribution in [2.24, 2.45) is 0 Å². The summed E-state index contributed by atoms with van der Waals surface area (Å²) in [5, 5.41) is 8.56. The molecule has 0 aromatic carbocycles. The van der Waals surface area contributed by atoms with Gasteiger partial charge in [-0.15, -0.1) is 11.3 Å². The topological polar surface area (TPSA) is 56.1 Å². The Kier molecular flexibility index (Phi) is 4.05. The van der Waals surface area contributed by atoms with E-state index < -0.39 is 24.2 Å². The molecule has 1 aliphatic heterocycles. The molecule has 2 aromatic rings. The van der Waals surface area contributed by atoms with E-state index in [0.717, 1.165) is 15.8 Å². The second-order valence-corrected chi connectivity index (χ2v) is 6.06. The van der Waals surface area contributed by atoms with Crippen molar-refractivity contribution in [2.45, 2.75) is 31.6 Å². The molecule has 9 heteroatoms. The van der Waals surface area contributed by atoms with Crippen molar-refractivity contribution in [3.63, 3.8) is 0 Å². The first kappa shape index (κ1) is 15.9. The molecule has 5 nitrogen and oxygen atoms in total. The first-order valence-electron chi connectivity index (χ1n) is 7.03. The van der Waals surface area contributed by atoms with Crippen LogP contribution >= 0.6 is 11.3 Å². The Hall–Kier alpha value is -2.03. The monoisotopic (exact) mass is 345 g/mol. The third kappa shape index (κ3) is 2.92. The maximum absolute atomic E-state index is 13.4. The molecule has 2 aromatic heterocycles. The van der Waals surface area contributed by atoms with E-state index in [0.29, 0.717) is 0 Å². The fraction of sp³-hybridized carbons (Fsp3) is 0.429. The summed E-state index contributed by atoms with van der Waals surface area (Å²) in [6.45, 7) is 1.77. The number of esters is 1. The van der Waals surface area contributed by atoms with Gasteiger partial charge in [-0.05, 0) is 18.4 Å². The van der Waals surface area contributed by atoms with E-state index in [1.807, 2.05) is 0 Å². The van der Waals surface area contributed by atoms with Gasteiger partial charge in [0.15, 0.2) is 6.04 Å². The third-order valence-corrected chi connectivity index (χ3v) is 4.61. The molecule has 0 fully saturated rings. The first-order chi connectivity index (χ1) is 10.9. The third-order valence-electron chi connectivity index (χ3n) is 3.62. The van der Waals surface area contributed by atoms with Crippen LogP contribution < -0.4 is 5.32 Å². The zero-order valence-electron chi connectivity index (χ0n) is 12.1. The highest BCUT2D eigenvalue weighted by atomic mass is 32.1. The number of carbonyl (C=O) groups excluding carboxylic acids is 1. The molecule has 23 heavy (non-hydrogen) atoms. The van der Waals surface area contributed by atoms with Crippen LogP contribution in [0.5, 0.6) is 0 Å². The van der Waals surface area contributed by atoms with Crippen molar-refractivity contribution in [1.82, 2.24) is 9.78 Å². The summed E-state index contributed by atoms with van der Waals surface area (Å²) in [6, 6.07) is 1.24. The lowest BCUT2D eigenvalue weighted by atomic mass is 10.0. The molecule has 2 unspecified atom stereocenters. The minimum absolute atomic E-state index is 0.0161. The lowest BCUT2D eigenvalue weighted by molar-refractivity contribution is -0.173. The number of anilines is 1. The first-order valence-corrected chi connectivity index (χ1v) is 7.91. The van der Waals surface area contributed by atoms with Crippen LogP contribution in [0.4, 0.5) is 19.0 Å². The number of hydrogen-bond acceptors (Lipinski definition) is 5. The fourth-order valence-electron chi connectivity index (χ4n) is 2.60. The number of ether oxygens (including phenoxy) is 1. The summed E-state index contributed by atoms with van der Waals surface area (Å²) in [5.74, 6) is -0.635.